The van der Waals surface area contributed by atoms with Gasteiger partial charge in [0.15, 0.2) is 5.60 Å². The second-order valence-corrected chi connectivity index (χ2v) is 24.0. The van der Waals surface area contributed by atoms with E-state index in [1.54, 1.807) is 25.1 Å². The van der Waals surface area contributed by atoms with Gasteiger partial charge >= 0.3 is 12.1 Å². The van der Waals surface area contributed by atoms with E-state index in [0.717, 1.165) is 73.6 Å². The molecule has 1 N–H and O–H groups in total. The smallest absolute Gasteiger partial charge is 0.407 e. The molecule has 1 aliphatic heterocycles. The predicted octanol–water partition coefficient (Wildman–Crippen LogP) is 14.4. The number of fused-ring (bicyclic) bond motifs is 3. The van der Waals surface area contributed by atoms with Crippen LogP contribution in [0, 0.1) is 11.8 Å². The monoisotopic (exact) mass is 1120 g/mol. The normalized spacial score (nSPS) is 18.6. The number of amides is 4. The molecule has 3 aliphatic carbocycles. The van der Waals surface area contributed by atoms with E-state index < -0.39 is 54.0 Å². The van der Waals surface area contributed by atoms with Crippen LogP contribution in [0.4, 0.5) is 4.79 Å². The largest absolute Gasteiger partial charge is 0.449 e. The van der Waals surface area contributed by atoms with E-state index in [1.807, 2.05) is 86.6 Å². The molecule has 1 saturated heterocycles. The van der Waals surface area contributed by atoms with Crippen molar-refractivity contribution in [3.63, 3.8) is 0 Å². The van der Waals surface area contributed by atoms with Crippen molar-refractivity contribution in [2.24, 2.45) is 11.8 Å². The average molecular weight is 1120 g/mol. The zero-order chi connectivity index (χ0) is 56.9. The summed E-state index contributed by atoms with van der Waals surface area (Å²) in [4.78, 5) is 80.2. The Morgan fingerprint density at radius 3 is 1.78 bits per heavy atom. The van der Waals surface area contributed by atoms with Crippen LogP contribution < -0.4 is 5.32 Å². The second-order valence-electron chi connectivity index (χ2n) is 23.6. The second kappa shape index (κ2) is 28.0. The number of halogens is 1. The molecule has 0 aromatic heterocycles. The standard InChI is InChI=1S/C69H85ClN4O7/c1-5-48(2)63(71-68(79)80-47-58-56-36-22-20-34-54(56)55-35-21-23-37-57(55)58)66(77)73(4)64(51-30-16-11-17-31-51)67(78)72(3)61(65(76)74-44-26-13-27-45-74)46-62(75)81-69(52-32-18-12-19-33-52,59-38-24-25-39-60(59)70)53-42-40-50(41-43-53)49-28-14-9-7-6-8-10-15-29-49/h12,18-25,32-43,48-49,51,58,61,63-64H,5-11,13-17,26-31,44-47H2,1-4H3,(H,71,79)/t48-,61-,63-,64-,69?/m0/s1. The van der Waals surface area contributed by atoms with Crippen molar-refractivity contribution in [2.45, 2.75) is 171 Å². The molecule has 0 radical (unpaired) electrons. The third-order valence-corrected chi connectivity index (χ3v) is 18.8. The summed E-state index contributed by atoms with van der Waals surface area (Å²) in [7, 11) is 3.23. The Morgan fingerprint density at radius 1 is 0.630 bits per heavy atom. The fourth-order valence-electron chi connectivity index (χ4n) is 13.6. The zero-order valence-electron chi connectivity index (χ0n) is 48.3. The Labute approximate surface area is 486 Å². The van der Waals surface area contributed by atoms with Crippen molar-refractivity contribution in [2.75, 3.05) is 33.8 Å². The third kappa shape index (κ3) is 13.6. The summed E-state index contributed by atoms with van der Waals surface area (Å²) in [6, 6.07) is 38.6. The number of ether oxygens (including phenoxy) is 2. The van der Waals surface area contributed by atoms with Crippen LogP contribution >= 0.6 is 11.6 Å². The Hall–Kier alpha value is -6.46. The molecule has 2 saturated carbocycles. The van der Waals surface area contributed by atoms with Gasteiger partial charge in [0.1, 0.15) is 24.7 Å². The molecule has 11 nitrogen and oxygen atoms in total. The van der Waals surface area contributed by atoms with Gasteiger partial charge in [0.2, 0.25) is 17.7 Å². The molecule has 3 fully saturated rings. The maximum atomic E-state index is 15.7. The minimum Gasteiger partial charge on any atom is -0.449 e. The Kier molecular flexibility index (Phi) is 20.5. The number of hydrogen-bond donors (Lipinski definition) is 1. The zero-order valence-corrected chi connectivity index (χ0v) is 49.1. The van der Waals surface area contributed by atoms with Crippen LogP contribution in [0.1, 0.15) is 181 Å². The van der Waals surface area contributed by atoms with Gasteiger partial charge in [-0.3, -0.25) is 19.2 Å². The molecule has 430 valence electrons. The third-order valence-electron chi connectivity index (χ3n) is 18.4. The summed E-state index contributed by atoms with van der Waals surface area (Å²) in [5.74, 6) is -2.20. The number of esters is 1. The SMILES string of the molecule is CC[C@H](C)[C@H](NC(=O)OCC1c2ccccc2-c2ccccc21)C(=O)N(C)[C@H](C(=O)N(C)[C@@H](CC(=O)OC(c1ccccc1)(c1ccc(C2CCCCCCCCC2)cc1)c1ccccc1Cl)C(=O)N1CCCCC1)C1CCCCC1. The Balaban J connectivity index is 1.01. The van der Waals surface area contributed by atoms with Crippen molar-refractivity contribution >= 4 is 41.4 Å². The van der Waals surface area contributed by atoms with Crippen molar-refractivity contribution in [3.05, 3.63) is 166 Å². The number of hydrogen-bond acceptors (Lipinski definition) is 7. The van der Waals surface area contributed by atoms with Crippen molar-refractivity contribution in [3.8, 4) is 11.1 Å². The lowest BCUT2D eigenvalue weighted by molar-refractivity contribution is -0.161. The number of carbonyl (C=O) groups is 5. The number of rotatable bonds is 18. The topological polar surface area (TPSA) is 126 Å². The lowest BCUT2D eigenvalue weighted by atomic mass is 9.78. The van der Waals surface area contributed by atoms with Gasteiger partial charge in [0, 0.05) is 54.8 Å². The van der Waals surface area contributed by atoms with E-state index in [0.29, 0.717) is 60.0 Å². The van der Waals surface area contributed by atoms with Crippen LogP contribution in [0.25, 0.3) is 11.1 Å². The molecule has 9 rings (SSSR count). The highest BCUT2D eigenvalue weighted by atomic mass is 35.5. The first-order valence-electron chi connectivity index (χ1n) is 30.5. The quantitative estimate of drug-likeness (QED) is 0.0684. The van der Waals surface area contributed by atoms with Crippen LogP contribution in [0.3, 0.4) is 0 Å². The Bertz CT molecular complexity index is 2870. The minimum absolute atomic E-state index is 0.0809. The molecule has 81 heavy (non-hydrogen) atoms. The number of nitrogens with one attached hydrogen (secondary N) is 1. The average Bonchev–Trinajstić information content (AvgIpc) is 3.96. The molecule has 4 aliphatic rings. The molecule has 0 bridgehead atoms. The van der Waals surface area contributed by atoms with Crippen LogP contribution in [-0.2, 0) is 34.3 Å². The van der Waals surface area contributed by atoms with E-state index in [9.17, 15) is 4.79 Å². The van der Waals surface area contributed by atoms with E-state index in [4.69, 9.17) is 21.1 Å². The van der Waals surface area contributed by atoms with Gasteiger partial charge in [0.25, 0.3) is 0 Å². The Morgan fingerprint density at radius 2 is 1.16 bits per heavy atom. The molecule has 0 spiro atoms. The number of carbonyl (C=O) groups excluding carboxylic acids is 5. The number of nitrogens with zero attached hydrogens (tertiary/aromatic N) is 3. The lowest BCUT2D eigenvalue weighted by Crippen LogP contribution is -2.61. The summed E-state index contributed by atoms with van der Waals surface area (Å²) >= 11 is 7.21. The van der Waals surface area contributed by atoms with Gasteiger partial charge in [-0.25, -0.2) is 4.79 Å². The number of benzene rings is 5. The first-order chi connectivity index (χ1) is 39.4. The van der Waals surface area contributed by atoms with E-state index in [2.05, 4.69) is 53.8 Å². The van der Waals surface area contributed by atoms with E-state index in [-0.39, 0.29) is 30.3 Å². The first-order valence-corrected chi connectivity index (χ1v) is 30.8. The van der Waals surface area contributed by atoms with Gasteiger partial charge in [-0.15, -0.1) is 0 Å². The van der Waals surface area contributed by atoms with Gasteiger partial charge in [-0.2, -0.15) is 0 Å². The van der Waals surface area contributed by atoms with Crippen molar-refractivity contribution in [1.82, 2.24) is 20.0 Å². The first kappa shape index (κ1) is 59.2. The van der Waals surface area contributed by atoms with Crippen LogP contribution in [0.5, 0.6) is 0 Å². The number of piperidine rings is 1. The lowest BCUT2D eigenvalue weighted by Gasteiger charge is -2.42. The van der Waals surface area contributed by atoms with E-state index in [1.165, 1.54) is 60.3 Å². The van der Waals surface area contributed by atoms with Gasteiger partial charge in [-0.05, 0) is 96.6 Å². The van der Waals surface area contributed by atoms with Crippen LogP contribution in [-0.4, -0.2) is 96.4 Å². The number of alkyl carbamates (subject to hydrolysis) is 1. The van der Waals surface area contributed by atoms with Crippen LogP contribution in [0.2, 0.25) is 5.02 Å². The number of likely N-dealkylation sites (N-methyl/N-ethyl adjacent to an activating group) is 2. The van der Waals surface area contributed by atoms with Gasteiger partial charge in [-0.1, -0.05) is 217 Å². The van der Waals surface area contributed by atoms with Gasteiger partial charge in [0.05, 0.1) is 6.42 Å². The molecular formula is C69H85ClN4O7. The van der Waals surface area contributed by atoms with Gasteiger partial charge < -0.3 is 29.5 Å². The molecule has 4 amide bonds. The molecule has 5 atom stereocenters. The van der Waals surface area contributed by atoms with Crippen molar-refractivity contribution < 1.29 is 33.4 Å². The summed E-state index contributed by atoms with van der Waals surface area (Å²) < 4.78 is 13.0. The molecule has 1 unspecified atom stereocenters. The summed E-state index contributed by atoms with van der Waals surface area (Å²) in [6.45, 7) is 4.95. The molecule has 12 heteroatoms. The predicted molar refractivity (Wildman–Crippen MR) is 321 cm³/mol. The fraction of sp³-hybridized carbons (Fsp3) is 0.493. The van der Waals surface area contributed by atoms with Crippen LogP contribution in [0.15, 0.2) is 127 Å². The van der Waals surface area contributed by atoms with E-state index >= 15 is 19.2 Å². The summed E-state index contributed by atoms with van der Waals surface area (Å²) in [6.07, 6.45) is 17.1. The molecular weight excluding hydrogens is 1030 g/mol. The molecule has 5 aromatic carbocycles. The maximum absolute atomic E-state index is 15.7. The maximum Gasteiger partial charge on any atom is 0.407 e. The highest BCUT2D eigenvalue weighted by Crippen LogP contribution is 2.46. The summed E-state index contributed by atoms with van der Waals surface area (Å²) in [5.41, 5.74) is 6.06. The number of likely N-dealkylation sites (tertiary alicyclic amines) is 1. The fourth-order valence-corrected chi connectivity index (χ4v) is 13.9. The molecule has 5 aromatic rings. The van der Waals surface area contributed by atoms with Crippen molar-refractivity contribution in [1.29, 1.82) is 0 Å². The highest BCUT2D eigenvalue weighted by molar-refractivity contribution is 6.31. The minimum atomic E-state index is -1.55. The highest BCUT2D eigenvalue weighted by Gasteiger charge is 2.47. The molecule has 1 heterocycles. The summed E-state index contributed by atoms with van der Waals surface area (Å²) in [5, 5.41) is 3.35.